The van der Waals surface area contributed by atoms with Gasteiger partial charge < -0.3 is 9.30 Å². The SMILES string of the molecule is CC(C)(C)OC(=O)Cn1ccc2c(Cl)ccnc21. The largest absolute Gasteiger partial charge is 0.459 e. The normalized spacial score (nSPS) is 11.8. The number of ether oxygens (including phenoxy) is 1. The van der Waals surface area contributed by atoms with Crippen LogP contribution in [0.25, 0.3) is 11.0 Å². The number of hydrogen-bond acceptors (Lipinski definition) is 3. The third kappa shape index (κ3) is 2.82. The standard InChI is InChI=1S/C13H15ClN2O2/c1-13(2,3)18-11(17)8-16-7-5-9-10(14)4-6-15-12(9)16/h4-7H,8H2,1-3H3. The first-order chi connectivity index (χ1) is 8.37. The summed E-state index contributed by atoms with van der Waals surface area (Å²) in [5.74, 6) is -0.290. The molecular formula is C13H15ClN2O2. The summed E-state index contributed by atoms with van der Waals surface area (Å²) in [7, 11) is 0. The number of aromatic nitrogens is 2. The Hall–Kier alpha value is -1.55. The van der Waals surface area contributed by atoms with Crippen molar-refractivity contribution >= 4 is 28.6 Å². The Labute approximate surface area is 111 Å². The van der Waals surface area contributed by atoms with Crippen molar-refractivity contribution in [1.29, 1.82) is 0 Å². The van der Waals surface area contributed by atoms with Gasteiger partial charge in [0, 0.05) is 17.8 Å². The van der Waals surface area contributed by atoms with Gasteiger partial charge in [-0.25, -0.2) is 4.98 Å². The highest BCUT2D eigenvalue weighted by molar-refractivity contribution is 6.35. The minimum Gasteiger partial charge on any atom is -0.459 e. The molecule has 0 aromatic carbocycles. The Morgan fingerprint density at radius 3 is 2.83 bits per heavy atom. The molecule has 0 atom stereocenters. The first-order valence-electron chi connectivity index (χ1n) is 5.68. The lowest BCUT2D eigenvalue weighted by atomic mass is 10.2. The molecule has 18 heavy (non-hydrogen) atoms. The van der Waals surface area contributed by atoms with E-state index >= 15 is 0 Å². The molecule has 0 aliphatic heterocycles. The quantitative estimate of drug-likeness (QED) is 0.785. The van der Waals surface area contributed by atoms with Gasteiger partial charge in [0.15, 0.2) is 0 Å². The summed E-state index contributed by atoms with van der Waals surface area (Å²) in [5, 5.41) is 1.46. The van der Waals surface area contributed by atoms with Crippen LogP contribution < -0.4 is 0 Å². The summed E-state index contributed by atoms with van der Waals surface area (Å²) < 4.78 is 7.00. The lowest BCUT2D eigenvalue weighted by Gasteiger charge is -2.19. The predicted octanol–water partition coefficient (Wildman–Crippen LogP) is 3.03. The molecule has 0 bridgehead atoms. The van der Waals surface area contributed by atoms with Gasteiger partial charge in [-0.05, 0) is 32.9 Å². The minimum absolute atomic E-state index is 0.133. The zero-order chi connectivity index (χ0) is 13.3. The zero-order valence-corrected chi connectivity index (χ0v) is 11.4. The van der Waals surface area contributed by atoms with Crippen molar-refractivity contribution in [3.8, 4) is 0 Å². The van der Waals surface area contributed by atoms with Crippen molar-refractivity contribution in [3.05, 3.63) is 29.5 Å². The van der Waals surface area contributed by atoms with Crippen molar-refractivity contribution in [2.45, 2.75) is 32.9 Å². The van der Waals surface area contributed by atoms with Gasteiger partial charge in [-0.15, -0.1) is 0 Å². The summed E-state index contributed by atoms with van der Waals surface area (Å²) in [5.41, 5.74) is 0.207. The van der Waals surface area contributed by atoms with Crippen LogP contribution in [0.1, 0.15) is 20.8 Å². The summed E-state index contributed by atoms with van der Waals surface area (Å²) in [6.45, 7) is 5.66. The average molecular weight is 267 g/mol. The first-order valence-corrected chi connectivity index (χ1v) is 6.06. The molecule has 0 saturated carbocycles. The van der Waals surface area contributed by atoms with Crippen molar-refractivity contribution in [1.82, 2.24) is 9.55 Å². The molecule has 2 rings (SSSR count). The van der Waals surface area contributed by atoms with Crippen LogP contribution in [0.2, 0.25) is 5.02 Å². The number of nitrogens with zero attached hydrogens (tertiary/aromatic N) is 2. The number of pyridine rings is 1. The Morgan fingerprint density at radius 1 is 1.44 bits per heavy atom. The molecular weight excluding hydrogens is 252 g/mol. The lowest BCUT2D eigenvalue weighted by molar-refractivity contribution is -0.155. The smallest absolute Gasteiger partial charge is 0.326 e. The molecule has 0 aliphatic rings. The van der Waals surface area contributed by atoms with Gasteiger partial charge in [-0.1, -0.05) is 11.6 Å². The maximum atomic E-state index is 11.8. The Kier molecular flexibility index (Phi) is 3.30. The Morgan fingerprint density at radius 2 is 2.17 bits per heavy atom. The fourth-order valence-corrected chi connectivity index (χ4v) is 1.90. The second-order valence-corrected chi connectivity index (χ2v) is 5.47. The second-order valence-electron chi connectivity index (χ2n) is 5.06. The summed E-state index contributed by atoms with van der Waals surface area (Å²) in [6.07, 6.45) is 3.41. The molecule has 0 unspecified atom stereocenters. The van der Waals surface area contributed by atoms with Crippen molar-refractivity contribution in [2.75, 3.05) is 0 Å². The molecule has 0 saturated heterocycles. The minimum atomic E-state index is -0.481. The molecule has 0 amide bonds. The molecule has 5 heteroatoms. The van der Waals surface area contributed by atoms with Gasteiger partial charge in [0.05, 0.1) is 5.02 Å². The van der Waals surface area contributed by atoms with E-state index < -0.39 is 5.60 Å². The highest BCUT2D eigenvalue weighted by Gasteiger charge is 2.17. The molecule has 96 valence electrons. The van der Waals surface area contributed by atoms with Crippen molar-refractivity contribution in [2.24, 2.45) is 0 Å². The molecule has 2 aromatic rings. The van der Waals surface area contributed by atoms with Crippen LogP contribution in [0.4, 0.5) is 0 Å². The molecule has 2 heterocycles. The van der Waals surface area contributed by atoms with Crippen LogP contribution in [0.5, 0.6) is 0 Å². The van der Waals surface area contributed by atoms with Crippen LogP contribution in [0.3, 0.4) is 0 Å². The molecule has 4 nitrogen and oxygen atoms in total. The molecule has 0 fully saturated rings. The summed E-state index contributed by atoms with van der Waals surface area (Å²) in [4.78, 5) is 16.0. The Balaban J connectivity index is 2.23. The van der Waals surface area contributed by atoms with Gasteiger partial charge in [0.2, 0.25) is 0 Å². The van der Waals surface area contributed by atoms with Gasteiger partial charge in [-0.2, -0.15) is 0 Å². The van der Waals surface area contributed by atoms with Crippen LogP contribution in [0.15, 0.2) is 24.5 Å². The van der Waals surface area contributed by atoms with E-state index in [1.807, 2.05) is 26.8 Å². The number of halogens is 1. The van der Waals surface area contributed by atoms with E-state index in [4.69, 9.17) is 16.3 Å². The first kappa shape index (κ1) is 12.9. The van der Waals surface area contributed by atoms with Crippen LogP contribution in [0, 0.1) is 0 Å². The zero-order valence-electron chi connectivity index (χ0n) is 10.6. The van der Waals surface area contributed by atoms with E-state index in [9.17, 15) is 4.79 Å². The number of carbonyl (C=O) groups is 1. The van der Waals surface area contributed by atoms with E-state index in [0.717, 1.165) is 5.39 Å². The molecule has 0 aliphatic carbocycles. The third-order valence-electron chi connectivity index (χ3n) is 2.33. The molecule has 0 spiro atoms. The van der Waals surface area contributed by atoms with E-state index in [1.54, 1.807) is 23.0 Å². The maximum Gasteiger partial charge on any atom is 0.326 e. The number of esters is 1. The van der Waals surface area contributed by atoms with Crippen molar-refractivity contribution in [3.63, 3.8) is 0 Å². The number of fused-ring (bicyclic) bond motifs is 1. The fourth-order valence-electron chi connectivity index (χ4n) is 1.70. The average Bonchev–Trinajstić information content (AvgIpc) is 2.60. The highest BCUT2D eigenvalue weighted by Crippen LogP contribution is 2.22. The number of hydrogen-bond donors (Lipinski definition) is 0. The molecule has 0 N–H and O–H groups in total. The van der Waals surface area contributed by atoms with Crippen LogP contribution in [-0.2, 0) is 16.1 Å². The monoisotopic (exact) mass is 266 g/mol. The van der Waals surface area contributed by atoms with E-state index in [-0.39, 0.29) is 12.5 Å². The number of carbonyl (C=O) groups excluding carboxylic acids is 1. The summed E-state index contributed by atoms with van der Waals surface area (Å²) >= 11 is 6.04. The fraction of sp³-hybridized carbons (Fsp3) is 0.385. The van der Waals surface area contributed by atoms with E-state index in [0.29, 0.717) is 10.7 Å². The van der Waals surface area contributed by atoms with Gasteiger partial charge in [-0.3, -0.25) is 4.79 Å². The van der Waals surface area contributed by atoms with E-state index in [2.05, 4.69) is 4.98 Å². The molecule has 2 aromatic heterocycles. The molecule has 0 radical (unpaired) electrons. The lowest BCUT2D eigenvalue weighted by Crippen LogP contribution is -2.26. The maximum absolute atomic E-state index is 11.8. The van der Waals surface area contributed by atoms with E-state index in [1.165, 1.54) is 0 Å². The summed E-state index contributed by atoms with van der Waals surface area (Å²) in [6, 6.07) is 3.57. The highest BCUT2D eigenvalue weighted by atomic mass is 35.5. The van der Waals surface area contributed by atoms with Gasteiger partial charge >= 0.3 is 5.97 Å². The van der Waals surface area contributed by atoms with Crippen LogP contribution in [-0.4, -0.2) is 21.1 Å². The third-order valence-corrected chi connectivity index (χ3v) is 2.66. The van der Waals surface area contributed by atoms with Gasteiger partial charge in [0.25, 0.3) is 0 Å². The number of rotatable bonds is 2. The van der Waals surface area contributed by atoms with Crippen molar-refractivity contribution < 1.29 is 9.53 Å². The van der Waals surface area contributed by atoms with Gasteiger partial charge in [0.1, 0.15) is 17.8 Å². The second kappa shape index (κ2) is 4.61. The predicted molar refractivity (Wildman–Crippen MR) is 70.6 cm³/mol. The van der Waals surface area contributed by atoms with Crippen LogP contribution >= 0.6 is 11.6 Å². The Bertz CT molecular complexity index is 584. The topological polar surface area (TPSA) is 44.1 Å².